The van der Waals surface area contributed by atoms with E-state index in [0.717, 1.165) is 38.9 Å². The van der Waals surface area contributed by atoms with E-state index in [0.29, 0.717) is 41.9 Å². The molecule has 0 amide bonds. The summed E-state index contributed by atoms with van der Waals surface area (Å²) in [6.45, 7) is 0. The highest BCUT2D eigenvalue weighted by atomic mass is 16.3. The highest BCUT2D eigenvalue weighted by molar-refractivity contribution is 6.14. The molecule has 0 aliphatic heterocycles. The molecule has 1 N–H and O–H groups in total. The largest absolute Gasteiger partial charge is 0.507 e. The molecule has 0 heterocycles. The highest BCUT2D eigenvalue weighted by Crippen LogP contribution is 2.30. The molecule has 0 bridgehead atoms. The van der Waals surface area contributed by atoms with Crippen LogP contribution in [0.3, 0.4) is 0 Å². The lowest BCUT2D eigenvalue weighted by Crippen LogP contribution is -2.12. The van der Waals surface area contributed by atoms with Crippen molar-refractivity contribution < 1.29 is 9.90 Å². The van der Waals surface area contributed by atoms with E-state index in [-0.39, 0.29) is 5.78 Å². The number of carbonyl (C=O) groups is 1. The van der Waals surface area contributed by atoms with Gasteiger partial charge in [-0.25, -0.2) is 0 Å². The third-order valence-corrected chi connectivity index (χ3v) is 7.67. The van der Waals surface area contributed by atoms with E-state index < -0.39 is 0 Å². The smallest absolute Gasteiger partial charge is 0.189 e. The Morgan fingerprint density at radius 2 is 1.05 bits per heavy atom. The summed E-state index contributed by atoms with van der Waals surface area (Å²) in [5.41, 5.74) is 8.90. The molecule has 0 fully saturated rings. The Morgan fingerprint density at radius 1 is 0.568 bits per heavy atom. The number of Topliss-reactive ketones (excluding diaryl/α,β-unsaturated/α-hetero) is 1. The van der Waals surface area contributed by atoms with Crippen molar-refractivity contribution in [1.82, 2.24) is 0 Å². The summed E-state index contributed by atoms with van der Waals surface area (Å²) in [5, 5.41) is 11.3. The average molecular weight is 572 g/mol. The van der Waals surface area contributed by atoms with Crippen LogP contribution in [0.2, 0.25) is 0 Å². The predicted molar refractivity (Wildman–Crippen MR) is 180 cm³/mol. The van der Waals surface area contributed by atoms with Crippen molar-refractivity contribution in [3.8, 4) is 5.75 Å². The average Bonchev–Trinajstić information content (AvgIpc) is 3.06. The van der Waals surface area contributed by atoms with E-state index >= 15 is 0 Å². The summed E-state index contributed by atoms with van der Waals surface area (Å²) in [7, 11) is 0. The molecule has 0 radical (unpaired) electrons. The third kappa shape index (κ3) is 7.26. The molecule has 1 aliphatic rings. The van der Waals surface area contributed by atoms with E-state index in [1.54, 1.807) is 0 Å². The number of aromatic hydroxyl groups is 1. The second kappa shape index (κ2) is 13.6. The second-order valence-corrected chi connectivity index (χ2v) is 11.0. The zero-order valence-electron chi connectivity index (χ0n) is 24.4. The molecule has 0 spiro atoms. The van der Waals surface area contributed by atoms with Crippen molar-refractivity contribution in [1.29, 1.82) is 0 Å². The Kier molecular flexibility index (Phi) is 8.85. The number of hydrogen-bond donors (Lipinski definition) is 1. The molecule has 5 aromatic rings. The maximum atomic E-state index is 13.6. The number of nitrogens with zero attached hydrogens (tertiary/aromatic N) is 1. The topological polar surface area (TPSA) is 49.7 Å². The number of carbonyl (C=O) groups excluding carboxylic acids is 1. The molecule has 6 rings (SSSR count). The maximum Gasteiger partial charge on any atom is 0.189 e. The van der Waals surface area contributed by atoms with Gasteiger partial charge in [0.2, 0.25) is 0 Å². The Bertz CT molecular complexity index is 1800. The van der Waals surface area contributed by atoms with Crippen molar-refractivity contribution >= 4 is 18.1 Å². The van der Waals surface area contributed by atoms with Gasteiger partial charge in [0.1, 0.15) is 5.75 Å². The molecule has 3 heteroatoms. The number of aliphatic imine (C=N–C) groups is 1. The van der Waals surface area contributed by atoms with Crippen molar-refractivity contribution in [3.05, 3.63) is 201 Å². The van der Waals surface area contributed by atoms with Gasteiger partial charge in [0, 0.05) is 36.6 Å². The van der Waals surface area contributed by atoms with Crippen LogP contribution in [0.4, 0.5) is 0 Å². The molecular weight excluding hydrogens is 538 g/mol. The van der Waals surface area contributed by atoms with Gasteiger partial charge >= 0.3 is 0 Å². The summed E-state index contributed by atoms with van der Waals surface area (Å²) in [6, 6.07) is 44.2. The molecule has 44 heavy (non-hydrogen) atoms. The fourth-order valence-electron chi connectivity index (χ4n) is 5.47. The van der Waals surface area contributed by atoms with Crippen LogP contribution >= 0.6 is 0 Å². The number of benzene rings is 5. The summed E-state index contributed by atoms with van der Waals surface area (Å²) in [4.78, 5) is 18.4. The van der Waals surface area contributed by atoms with Crippen LogP contribution in [0.1, 0.15) is 38.9 Å². The first-order valence-corrected chi connectivity index (χ1v) is 14.8. The van der Waals surface area contributed by atoms with Gasteiger partial charge in [0.15, 0.2) is 5.78 Å². The molecule has 214 valence electrons. The number of phenolic OH excluding ortho intramolecular Hbond substituents is 1. The Hall–Kier alpha value is -5.54. The zero-order chi connectivity index (χ0) is 30.1. The lowest BCUT2D eigenvalue weighted by atomic mass is 9.90. The van der Waals surface area contributed by atoms with Crippen LogP contribution in [0.5, 0.6) is 5.75 Å². The Balaban J connectivity index is 1.37. The van der Waals surface area contributed by atoms with Crippen LogP contribution in [0.25, 0.3) is 6.08 Å². The standard InChI is InChI=1S/C41H33NO2/c43-40-35(21-30-13-5-1-6-14-30)25-34(26-36(40)22-31-15-7-2-8-16-31)29-42-39-27-37(23-32-17-9-3-10-18-32)41(44)38(28-39)24-33-19-11-4-12-20-33/h1-20,23,25-29,43H,21-22,24H2. The lowest BCUT2D eigenvalue weighted by Gasteiger charge is -2.15. The van der Waals surface area contributed by atoms with Crippen LogP contribution in [-0.4, -0.2) is 17.1 Å². The van der Waals surface area contributed by atoms with Gasteiger partial charge in [-0.15, -0.1) is 0 Å². The number of ketones is 1. The molecule has 0 aromatic heterocycles. The first kappa shape index (κ1) is 28.6. The zero-order valence-corrected chi connectivity index (χ0v) is 24.4. The fourth-order valence-corrected chi connectivity index (χ4v) is 5.47. The third-order valence-electron chi connectivity index (χ3n) is 7.67. The van der Waals surface area contributed by atoms with Gasteiger partial charge in [0.05, 0.1) is 5.70 Å². The molecule has 0 saturated carbocycles. The van der Waals surface area contributed by atoms with Gasteiger partial charge in [0.25, 0.3) is 0 Å². The normalized spacial score (nSPS) is 14.1. The number of hydrogen-bond acceptors (Lipinski definition) is 3. The molecule has 0 unspecified atom stereocenters. The lowest BCUT2D eigenvalue weighted by molar-refractivity contribution is -0.112. The van der Waals surface area contributed by atoms with E-state index in [1.807, 2.05) is 134 Å². The summed E-state index contributed by atoms with van der Waals surface area (Å²) >= 11 is 0. The van der Waals surface area contributed by atoms with E-state index in [9.17, 15) is 9.90 Å². The van der Waals surface area contributed by atoms with Crippen molar-refractivity contribution in [2.75, 3.05) is 0 Å². The van der Waals surface area contributed by atoms with Crippen LogP contribution < -0.4 is 0 Å². The molecule has 0 saturated heterocycles. The first-order valence-electron chi connectivity index (χ1n) is 14.8. The minimum atomic E-state index is 0.0107. The first-order chi connectivity index (χ1) is 21.6. The minimum absolute atomic E-state index is 0.0107. The van der Waals surface area contributed by atoms with E-state index in [1.165, 1.54) is 0 Å². The molecule has 0 atom stereocenters. The van der Waals surface area contributed by atoms with Gasteiger partial charge < -0.3 is 5.11 Å². The second-order valence-electron chi connectivity index (χ2n) is 11.0. The summed E-state index contributed by atoms with van der Waals surface area (Å²) in [5.74, 6) is 0.326. The predicted octanol–water partition coefficient (Wildman–Crippen LogP) is 8.71. The van der Waals surface area contributed by atoms with E-state index in [4.69, 9.17) is 4.99 Å². The quantitative estimate of drug-likeness (QED) is 0.142. The van der Waals surface area contributed by atoms with Gasteiger partial charge in [-0.05, 0) is 69.3 Å². The van der Waals surface area contributed by atoms with Crippen molar-refractivity contribution in [2.24, 2.45) is 4.99 Å². The van der Waals surface area contributed by atoms with Gasteiger partial charge in [-0.2, -0.15) is 0 Å². The van der Waals surface area contributed by atoms with Crippen LogP contribution in [0, 0.1) is 0 Å². The minimum Gasteiger partial charge on any atom is -0.507 e. The van der Waals surface area contributed by atoms with Crippen LogP contribution in [-0.2, 0) is 24.1 Å². The fraction of sp³-hybridized carbons (Fsp3) is 0.0732. The van der Waals surface area contributed by atoms with Crippen molar-refractivity contribution in [3.63, 3.8) is 0 Å². The summed E-state index contributed by atoms with van der Waals surface area (Å²) in [6.07, 6.45) is 9.26. The van der Waals surface area contributed by atoms with Crippen molar-refractivity contribution in [2.45, 2.75) is 19.3 Å². The Morgan fingerprint density at radius 3 is 1.57 bits per heavy atom. The molecule has 1 aliphatic carbocycles. The summed E-state index contributed by atoms with van der Waals surface area (Å²) < 4.78 is 0. The van der Waals surface area contributed by atoms with Crippen LogP contribution in [0.15, 0.2) is 167 Å². The molecular formula is C41H33NO2. The SMILES string of the molecule is O=C1C(=Cc2ccccc2)C=C(N=Cc2cc(Cc3ccccc3)c(O)c(Cc3ccccc3)c2)C=C1Cc1ccccc1. The van der Waals surface area contributed by atoms with Gasteiger partial charge in [-0.3, -0.25) is 9.79 Å². The molecule has 5 aromatic carbocycles. The van der Waals surface area contributed by atoms with Gasteiger partial charge in [-0.1, -0.05) is 121 Å². The molecule has 3 nitrogen and oxygen atoms in total. The maximum absolute atomic E-state index is 13.6. The number of rotatable bonds is 9. The monoisotopic (exact) mass is 571 g/mol. The number of phenols is 1. The highest BCUT2D eigenvalue weighted by Gasteiger charge is 2.20. The number of allylic oxidation sites excluding steroid dienone is 4. The van der Waals surface area contributed by atoms with E-state index in [2.05, 4.69) is 24.3 Å². The Labute approximate surface area is 258 Å².